The Kier molecular flexibility index (Phi) is 3.70. The minimum atomic E-state index is -0.357. The van der Waals surface area contributed by atoms with Crippen molar-refractivity contribution in [2.24, 2.45) is 0 Å². The van der Waals surface area contributed by atoms with E-state index in [1.165, 1.54) is 12.3 Å². The molecule has 0 spiro atoms. The number of hydrogen-bond donors (Lipinski definition) is 0. The molecule has 0 amide bonds. The van der Waals surface area contributed by atoms with Gasteiger partial charge in [-0.3, -0.25) is 14.6 Å². The third kappa shape index (κ3) is 2.86. The lowest BCUT2D eigenvalue weighted by atomic mass is 10.1. The third-order valence-corrected chi connectivity index (χ3v) is 4.02. The van der Waals surface area contributed by atoms with Gasteiger partial charge >= 0.3 is 0 Å². The molecule has 0 N–H and O–H groups in total. The second-order valence-electron chi connectivity index (χ2n) is 5.45. The molecule has 24 heavy (non-hydrogen) atoms. The van der Waals surface area contributed by atoms with Crippen molar-refractivity contribution in [2.45, 2.75) is 6.54 Å². The Morgan fingerprint density at radius 3 is 2.58 bits per heavy atom. The molecule has 0 saturated heterocycles. The molecule has 0 aliphatic carbocycles. The SMILES string of the molecule is Fc1cncc(Cn2ncc3ncc(-c4ccc(Cl)cc4)cc32)c1. The summed E-state index contributed by atoms with van der Waals surface area (Å²) in [5.41, 5.74) is 4.41. The van der Waals surface area contributed by atoms with E-state index < -0.39 is 0 Å². The summed E-state index contributed by atoms with van der Waals surface area (Å²) in [7, 11) is 0. The molecule has 118 valence electrons. The van der Waals surface area contributed by atoms with Crippen LogP contribution in [0.2, 0.25) is 5.02 Å². The molecular formula is C18H12ClFN4. The van der Waals surface area contributed by atoms with Gasteiger partial charge in [-0.15, -0.1) is 0 Å². The average molecular weight is 339 g/mol. The maximum absolute atomic E-state index is 13.3. The highest BCUT2D eigenvalue weighted by Crippen LogP contribution is 2.24. The highest BCUT2D eigenvalue weighted by atomic mass is 35.5. The van der Waals surface area contributed by atoms with E-state index in [9.17, 15) is 4.39 Å². The molecule has 3 heterocycles. The first kappa shape index (κ1) is 14.8. The van der Waals surface area contributed by atoms with Crippen molar-refractivity contribution < 1.29 is 4.39 Å². The van der Waals surface area contributed by atoms with Crippen molar-refractivity contribution in [3.63, 3.8) is 0 Å². The lowest BCUT2D eigenvalue weighted by Crippen LogP contribution is -2.02. The topological polar surface area (TPSA) is 43.6 Å². The van der Waals surface area contributed by atoms with Gasteiger partial charge in [-0.25, -0.2) is 4.39 Å². The van der Waals surface area contributed by atoms with Gasteiger partial charge in [-0.1, -0.05) is 23.7 Å². The van der Waals surface area contributed by atoms with Crippen LogP contribution in [0.3, 0.4) is 0 Å². The van der Waals surface area contributed by atoms with E-state index in [1.807, 2.05) is 30.3 Å². The Hall–Kier alpha value is -2.79. The summed E-state index contributed by atoms with van der Waals surface area (Å²) < 4.78 is 15.1. The molecule has 0 bridgehead atoms. The fourth-order valence-corrected chi connectivity index (χ4v) is 2.72. The van der Waals surface area contributed by atoms with Crippen molar-refractivity contribution in [2.75, 3.05) is 0 Å². The minimum absolute atomic E-state index is 0.357. The van der Waals surface area contributed by atoms with Gasteiger partial charge in [0.2, 0.25) is 0 Å². The van der Waals surface area contributed by atoms with Crippen LogP contribution in [0, 0.1) is 5.82 Å². The van der Waals surface area contributed by atoms with Gasteiger partial charge in [0, 0.05) is 23.0 Å². The summed E-state index contributed by atoms with van der Waals surface area (Å²) in [4.78, 5) is 8.33. The third-order valence-electron chi connectivity index (χ3n) is 3.77. The van der Waals surface area contributed by atoms with Crippen molar-refractivity contribution in [3.05, 3.63) is 77.6 Å². The van der Waals surface area contributed by atoms with E-state index in [1.54, 1.807) is 23.3 Å². The summed E-state index contributed by atoms with van der Waals surface area (Å²) in [5, 5.41) is 5.04. The molecule has 0 unspecified atom stereocenters. The standard InChI is InChI=1S/C18H12ClFN4/c19-15-3-1-13(2-4-15)14-6-18-17(22-8-14)10-23-24(18)11-12-5-16(20)9-21-7-12/h1-10H,11H2. The molecule has 0 saturated carbocycles. The van der Waals surface area contributed by atoms with Crippen LogP contribution < -0.4 is 0 Å². The largest absolute Gasteiger partial charge is 0.261 e. The van der Waals surface area contributed by atoms with Gasteiger partial charge in [-0.05, 0) is 35.4 Å². The fourth-order valence-electron chi connectivity index (χ4n) is 2.60. The fraction of sp³-hybridized carbons (Fsp3) is 0.0556. The van der Waals surface area contributed by atoms with Gasteiger partial charge in [0.15, 0.2) is 0 Å². The van der Waals surface area contributed by atoms with Gasteiger partial charge < -0.3 is 0 Å². The number of fused-ring (bicyclic) bond motifs is 1. The summed E-state index contributed by atoms with van der Waals surface area (Å²) in [5.74, 6) is -0.357. The summed E-state index contributed by atoms with van der Waals surface area (Å²) in [6.07, 6.45) is 6.33. The predicted molar refractivity (Wildman–Crippen MR) is 91.3 cm³/mol. The summed E-state index contributed by atoms with van der Waals surface area (Å²) in [6.45, 7) is 0.431. The van der Waals surface area contributed by atoms with Crippen LogP contribution in [-0.2, 0) is 6.54 Å². The van der Waals surface area contributed by atoms with Gasteiger partial charge in [0.1, 0.15) is 11.3 Å². The lowest BCUT2D eigenvalue weighted by molar-refractivity contribution is 0.613. The van der Waals surface area contributed by atoms with E-state index in [2.05, 4.69) is 15.1 Å². The van der Waals surface area contributed by atoms with E-state index >= 15 is 0 Å². The van der Waals surface area contributed by atoms with Crippen molar-refractivity contribution in [1.82, 2.24) is 19.7 Å². The second kappa shape index (κ2) is 6.02. The van der Waals surface area contributed by atoms with Crippen LogP contribution in [0.4, 0.5) is 4.39 Å². The molecule has 0 fully saturated rings. The quantitative estimate of drug-likeness (QED) is 0.558. The van der Waals surface area contributed by atoms with Crippen LogP contribution >= 0.6 is 11.6 Å². The van der Waals surface area contributed by atoms with Gasteiger partial charge in [-0.2, -0.15) is 5.10 Å². The predicted octanol–water partition coefficient (Wildman–Crippen LogP) is 4.33. The average Bonchev–Trinajstić information content (AvgIpc) is 2.98. The molecular weight excluding hydrogens is 327 g/mol. The van der Waals surface area contributed by atoms with Crippen LogP contribution in [0.15, 0.2) is 61.2 Å². The molecule has 3 aromatic heterocycles. The molecule has 0 aliphatic heterocycles. The summed E-state index contributed by atoms with van der Waals surface area (Å²) >= 11 is 5.94. The normalized spacial score (nSPS) is 11.1. The number of nitrogens with zero attached hydrogens (tertiary/aromatic N) is 4. The van der Waals surface area contributed by atoms with Gasteiger partial charge in [0.25, 0.3) is 0 Å². The molecule has 4 nitrogen and oxygen atoms in total. The molecule has 4 rings (SSSR count). The van der Waals surface area contributed by atoms with E-state index in [-0.39, 0.29) is 5.82 Å². The van der Waals surface area contributed by atoms with Crippen LogP contribution in [-0.4, -0.2) is 19.7 Å². The highest BCUT2D eigenvalue weighted by molar-refractivity contribution is 6.30. The van der Waals surface area contributed by atoms with E-state index in [0.717, 1.165) is 27.7 Å². The molecule has 1 aromatic carbocycles. The molecule has 4 aromatic rings. The van der Waals surface area contributed by atoms with Crippen molar-refractivity contribution >= 4 is 22.6 Å². The van der Waals surface area contributed by atoms with Crippen LogP contribution in [0.5, 0.6) is 0 Å². The zero-order valence-corrected chi connectivity index (χ0v) is 13.3. The number of rotatable bonds is 3. The number of benzene rings is 1. The first-order chi connectivity index (χ1) is 11.7. The monoisotopic (exact) mass is 338 g/mol. The number of hydrogen-bond acceptors (Lipinski definition) is 3. The summed E-state index contributed by atoms with van der Waals surface area (Å²) in [6, 6.07) is 11.1. The Bertz CT molecular complexity index is 1010. The Labute approximate surface area is 142 Å². The van der Waals surface area contributed by atoms with Crippen molar-refractivity contribution in [3.8, 4) is 11.1 Å². The zero-order chi connectivity index (χ0) is 16.5. The lowest BCUT2D eigenvalue weighted by Gasteiger charge is -2.06. The number of halogens is 2. The first-order valence-corrected chi connectivity index (χ1v) is 7.74. The molecule has 0 atom stereocenters. The Balaban J connectivity index is 1.74. The molecule has 6 heteroatoms. The smallest absolute Gasteiger partial charge is 0.141 e. The Morgan fingerprint density at radius 2 is 1.79 bits per heavy atom. The maximum atomic E-state index is 13.3. The van der Waals surface area contributed by atoms with Crippen molar-refractivity contribution in [1.29, 1.82) is 0 Å². The van der Waals surface area contributed by atoms with E-state index in [4.69, 9.17) is 11.6 Å². The van der Waals surface area contributed by atoms with E-state index in [0.29, 0.717) is 11.6 Å². The number of pyridine rings is 2. The molecule has 0 radical (unpaired) electrons. The highest BCUT2D eigenvalue weighted by Gasteiger charge is 2.08. The zero-order valence-electron chi connectivity index (χ0n) is 12.5. The number of aromatic nitrogens is 4. The minimum Gasteiger partial charge on any atom is -0.261 e. The van der Waals surface area contributed by atoms with Crippen LogP contribution in [0.1, 0.15) is 5.56 Å². The Morgan fingerprint density at radius 1 is 0.958 bits per heavy atom. The molecule has 0 aliphatic rings. The van der Waals surface area contributed by atoms with Gasteiger partial charge in [0.05, 0.1) is 24.5 Å². The maximum Gasteiger partial charge on any atom is 0.141 e. The van der Waals surface area contributed by atoms with Crippen LogP contribution in [0.25, 0.3) is 22.2 Å². The second-order valence-corrected chi connectivity index (χ2v) is 5.89. The first-order valence-electron chi connectivity index (χ1n) is 7.36.